The lowest BCUT2D eigenvalue weighted by atomic mass is 9.98. The summed E-state index contributed by atoms with van der Waals surface area (Å²) < 4.78 is 0. The van der Waals surface area contributed by atoms with Crippen molar-refractivity contribution in [1.29, 1.82) is 0 Å². The molecular formula is C13H21N3OS. The van der Waals surface area contributed by atoms with Gasteiger partial charge >= 0.3 is 0 Å². The van der Waals surface area contributed by atoms with Gasteiger partial charge in [-0.25, -0.2) is 4.98 Å². The van der Waals surface area contributed by atoms with Crippen LogP contribution in [0.5, 0.6) is 0 Å². The number of carbonyl (C=O) groups excluding carboxylic acids is 1. The number of nitrogens with zero attached hydrogens (tertiary/aromatic N) is 2. The maximum atomic E-state index is 11.6. The Morgan fingerprint density at radius 3 is 3.17 bits per heavy atom. The molecular weight excluding hydrogens is 246 g/mol. The molecule has 4 nitrogen and oxygen atoms in total. The molecule has 1 fully saturated rings. The number of hydrogen-bond donors (Lipinski definition) is 1. The van der Waals surface area contributed by atoms with Crippen LogP contribution in [-0.4, -0.2) is 30.5 Å². The maximum Gasteiger partial charge on any atom is 0.222 e. The predicted octanol–water partition coefficient (Wildman–Crippen LogP) is 2.13. The first-order chi connectivity index (χ1) is 8.66. The van der Waals surface area contributed by atoms with E-state index < -0.39 is 0 Å². The Balaban J connectivity index is 1.82. The number of rotatable bonds is 4. The van der Waals surface area contributed by atoms with Gasteiger partial charge in [-0.15, -0.1) is 11.3 Å². The molecule has 5 heteroatoms. The Morgan fingerprint density at radius 2 is 2.50 bits per heavy atom. The summed E-state index contributed by atoms with van der Waals surface area (Å²) in [5.74, 6) is 0.773. The molecule has 1 aromatic rings. The quantitative estimate of drug-likeness (QED) is 0.909. The summed E-state index contributed by atoms with van der Waals surface area (Å²) in [5, 5.41) is 6.15. The van der Waals surface area contributed by atoms with E-state index >= 15 is 0 Å². The molecule has 1 atom stereocenters. The number of nitrogens with one attached hydrogen (secondary N) is 1. The maximum absolute atomic E-state index is 11.6. The smallest absolute Gasteiger partial charge is 0.222 e. The van der Waals surface area contributed by atoms with E-state index in [1.54, 1.807) is 11.3 Å². The highest BCUT2D eigenvalue weighted by Gasteiger charge is 2.22. The molecule has 100 valence electrons. The lowest BCUT2D eigenvalue weighted by Gasteiger charge is -2.32. The third-order valence-electron chi connectivity index (χ3n) is 3.30. The fraction of sp³-hybridized carbons (Fsp3) is 0.692. The van der Waals surface area contributed by atoms with Crippen molar-refractivity contribution in [3.63, 3.8) is 0 Å². The second kappa shape index (κ2) is 6.18. The van der Waals surface area contributed by atoms with Crippen molar-refractivity contribution in [2.24, 2.45) is 11.8 Å². The van der Waals surface area contributed by atoms with Crippen LogP contribution >= 0.6 is 11.3 Å². The minimum atomic E-state index is 0.0728. The molecule has 1 N–H and O–H groups in total. The minimum Gasteiger partial charge on any atom is -0.356 e. The van der Waals surface area contributed by atoms with E-state index in [-0.39, 0.29) is 11.8 Å². The van der Waals surface area contributed by atoms with E-state index in [1.807, 2.05) is 25.4 Å². The van der Waals surface area contributed by atoms with Gasteiger partial charge in [0.25, 0.3) is 0 Å². The number of anilines is 1. The van der Waals surface area contributed by atoms with E-state index in [1.165, 1.54) is 12.8 Å². The van der Waals surface area contributed by atoms with Gasteiger partial charge in [-0.2, -0.15) is 0 Å². The van der Waals surface area contributed by atoms with Crippen molar-refractivity contribution < 1.29 is 4.79 Å². The predicted molar refractivity (Wildman–Crippen MR) is 74.9 cm³/mol. The molecule has 1 aliphatic rings. The van der Waals surface area contributed by atoms with Gasteiger partial charge in [0.2, 0.25) is 5.91 Å². The summed E-state index contributed by atoms with van der Waals surface area (Å²) in [4.78, 5) is 18.2. The van der Waals surface area contributed by atoms with Gasteiger partial charge in [0.15, 0.2) is 5.13 Å². The van der Waals surface area contributed by atoms with Gasteiger partial charge in [-0.1, -0.05) is 13.8 Å². The fourth-order valence-corrected chi connectivity index (χ4v) is 2.91. The van der Waals surface area contributed by atoms with Crippen LogP contribution in [0.1, 0.15) is 26.7 Å². The van der Waals surface area contributed by atoms with Crippen molar-refractivity contribution in [2.75, 3.05) is 24.5 Å². The Morgan fingerprint density at radius 1 is 1.67 bits per heavy atom. The third kappa shape index (κ3) is 3.45. The second-order valence-electron chi connectivity index (χ2n) is 5.17. The van der Waals surface area contributed by atoms with E-state index in [4.69, 9.17) is 0 Å². The van der Waals surface area contributed by atoms with Gasteiger partial charge in [0.1, 0.15) is 0 Å². The Labute approximate surface area is 112 Å². The first-order valence-electron chi connectivity index (χ1n) is 6.59. The van der Waals surface area contributed by atoms with Crippen LogP contribution in [0.25, 0.3) is 0 Å². The van der Waals surface area contributed by atoms with Gasteiger partial charge in [-0.05, 0) is 18.8 Å². The zero-order chi connectivity index (χ0) is 13.0. The van der Waals surface area contributed by atoms with E-state index in [9.17, 15) is 4.79 Å². The highest BCUT2D eigenvalue weighted by molar-refractivity contribution is 7.13. The van der Waals surface area contributed by atoms with Crippen LogP contribution in [0.4, 0.5) is 5.13 Å². The first-order valence-corrected chi connectivity index (χ1v) is 7.47. The average Bonchev–Trinajstić information content (AvgIpc) is 2.90. The number of piperidine rings is 1. The molecule has 2 rings (SSSR count). The molecule has 1 aromatic heterocycles. The molecule has 0 saturated carbocycles. The normalized spacial score (nSPS) is 20.2. The summed E-state index contributed by atoms with van der Waals surface area (Å²) in [6, 6.07) is 0. The Hall–Kier alpha value is -1.10. The minimum absolute atomic E-state index is 0.0728. The Bertz CT molecular complexity index is 378. The fourth-order valence-electron chi connectivity index (χ4n) is 2.23. The number of aromatic nitrogens is 1. The summed E-state index contributed by atoms with van der Waals surface area (Å²) >= 11 is 1.69. The van der Waals surface area contributed by atoms with Crippen LogP contribution in [-0.2, 0) is 4.79 Å². The molecule has 18 heavy (non-hydrogen) atoms. The SMILES string of the molecule is CC(C)C(=O)NCC1CCCN(c2nccs2)C1. The van der Waals surface area contributed by atoms with Crippen molar-refractivity contribution in [2.45, 2.75) is 26.7 Å². The van der Waals surface area contributed by atoms with Crippen molar-refractivity contribution in [3.05, 3.63) is 11.6 Å². The van der Waals surface area contributed by atoms with Gasteiger partial charge in [0, 0.05) is 37.1 Å². The molecule has 1 unspecified atom stereocenters. The Kier molecular flexibility index (Phi) is 4.58. The van der Waals surface area contributed by atoms with Crippen molar-refractivity contribution in [3.8, 4) is 0 Å². The molecule has 0 aromatic carbocycles. The lowest BCUT2D eigenvalue weighted by molar-refractivity contribution is -0.124. The number of thiazole rings is 1. The largest absolute Gasteiger partial charge is 0.356 e. The van der Waals surface area contributed by atoms with Gasteiger partial charge in [0.05, 0.1) is 0 Å². The van der Waals surface area contributed by atoms with Crippen LogP contribution in [0.15, 0.2) is 11.6 Å². The van der Waals surface area contributed by atoms with Gasteiger partial charge < -0.3 is 10.2 Å². The third-order valence-corrected chi connectivity index (χ3v) is 4.13. The zero-order valence-electron chi connectivity index (χ0n) is 11.1. The van der Waals surface area contributed by atoms with Crippen LogP contribution in [0.2, 0.25) is 0 Å². The molecule has 2 heterocycles. The number of hydrogen-bond acceptors (Lipinski definition) is 4. The zero-order valence-corrected chi connectivity index (χ0v) is 11.9. The first kappa shape index (κ1) is 13.3. The van der Waals surface area contributed by atoms with Crippen LogP contribution in [0.3, 0.4) is 0 Å². The second-order valence-corrected chi connectivity index (χ2v) is 6.04. The highest BCUT2D eigenvalue weighted by Crippen LogP contribution is 2.24. The topological polar surface area (TPSA) is 45.2 Å². The molecule has 0 radical (unpaired) electrons. The van der Waals surface area contributed by atoms with Crippen LogP contribution < -0.4 is 10.2 Å². The monoisotopic (exact) mass is 267 g/mol. The number of carbonyl (C=O) groups is 1. The molecule has 0 bridgehead atoms. The molecule has 0 spiro atoms. The standard InChI is InChI=1S/C13H21N3OS/c1-10(2)12(17)15-8-11-4-3-6-16(9-11)13-14-5-7-18-13/h5,7,10-11H,3-4,6,8-9H2,1-2H3,(H,15,17). The summed E-state index contributed by atoms with van der Waals surface area (Å²) in [7, 11) is 0. The number of amides is 1. The van der Waals surface area contributed by atoms with Crippen molar-refractivity contribution >= 4 is 22.4 Å². The summed E-state index contributed by atoms with van der Waals surface area (Å²) in [5.41, 5.74) is 0. The van der Waals surface area contributed by atoms with E-state index in [2.05, 4.69) is 15.2 Å². The van der Waals surface area contributed by atoms with Crippen molar-refractivity contribution in [1.82, 2.24) is 10.3 Å². The molecule has 1 saturated heterocycles. The lowest BCUT2D eigenvalue weighted by Crippen LogP contribution is -2.41. The van der Waals surface area contributed by atoms with E-state index in [0.717, 1.165) is 24.8 Å². The van der Waals surface area contributed by atoms with E-state index in [0.29, 0.717) is 5.92 Å². The molecule has 1 aliphatic heterocycles. The summed E-state index contributed by atoms with van der Waals surface area (Å²) in [6.07, 6.45) is 4.23. The average molecular weight is 267 g/mol. The highest BCUT2D eigenvalue weighted by atomic mass is 32.1. The van der Waals surface area contributed by atoms with Gasteiger partial charge in [-0.3, -0.25) is 4.79 Å². The molecule has 0 aliphatic carbocycles. The molecule has 1 amide bonds. The van der Waals surface area contributed by atoms with Crippen LogP contribution in [0, 0.1) is 11.8 Å². The summed E-state index contributed by atoms with van der Waals surface area (Å²) in [6.45, 7) is 6.74.